The van der Waals surface area contributed by atoms with Gasteiger partial charge in [-0.15, -0.1) is 0 Å². The topological polar surface area (TPSA) is 40.1 Å². The van der Waals surface area contributed by atoms with Crippen LogP contribution < -0.4 is 5.43 Å². The summed E-state index contributed by atoms with van der Waals surface area (Å²) in [7, 11) is 0. The smallest absolute Gasteiger partial charge is 0.192 e. The molecule has 11 rings (SSSR count). The molecule has 7 aromatic carbocycles. The van der Waals surface area contributed by atoms with Gasteiger partial charge in [0, 0.05) is 51.0 Å². The van der Waals surface area contributed by atoms with Crippen molar-refractivity contribution in [2.45, 2.75) is 5.92 Å². The summed E-state index contributed by atoms with van der Waals surface area (Å²) in [5.74, 6) is 0.140. The Kier molecular flexibility index (Phi) is 5.56. The summed E-state index contributed by atoms with van der Waals surface area (Å²) in [6.45, 7) is 0. The van der Waals surface area contributed by atoms with E-state index in [1.54, 1.807) is 0 Å². The predicted molar refractivity (Wildman–Crippen MR) is 204 cm³/mol. The third-order valence-electron chi connectivity index (χ3n) is 10.7. The molecule has 1 aliphatic rings. The summed E-state index contributed by atoms with van der Waals surface area (Å²) in [5, 5.41) is 5.40. The van der Waals surface area contributed by atoms with Gasteiger partial charge in [-0.3, -0.25) is 4.79 Å². The molecule has 50 heavy (non-hydrogen) atoms. The fourth-order valence-electron chi connectivity index (χ4n) is 8.55. The standard InChI is InChI=1S/C46H28N2O2/c49-44-23-24-50-45-27-30(18-20-37(44)45)48-42-21-17-28(46-35-13-3-1-9-31(35)32-10-2-4-14-36(32)46)25-38(42)39-26-29(19-22-43(39)48)47-40-15-7-5-11-33(40)34-12-6-8-16-41(34)47/h1-27,46H. The second-order valence-electron chi connectivity index (χ2n) is 13.3. The van der Waals surface area contributed by atoms with Crippen molar-refractivity contribution in [1.82, 2.24) is 9.13 Å². The predicted octanol–water partition coefficient (Wildman–Crippen LogP) is 11.1. The van der Waals surface area contributed by atoms with E-state index in [4.69, 9.17) is 4.42 Å². The Morgan fingerprint density at radius 1 is 0.440 bits per heavy atom. The summed E-state index contributed by atoms with van der Waals surface area (Å²) >= 11 is 0. The first-order chi connectivity index (χ1) is 24.7. The fraction of sp³-hybridized carbons (Fsp3) is 0.0217. The van der Waals surface area contributed by atoms with Crippen molar-refractivity contribution in [1.29, 1.82) is 0 Å². The normalized spacial score (nSPS) is 12.8. The third kappa shape index (κ3) is 3.73. The van der Waals surface area contributed by atoms with Crippen molar-refractivity contribution in [3.63, 3.8) is 0 Å². The van der Waals surface area contributed by atoms with Crippen molar-refractivity contribution < 1.29 is 4.42 Å². The van der Waals surface area contributed by atoms with Crippen LogP contribution in [0.1, 0.15) is 22.6 Å². The molecule has 0 atom stereocenters. The molecule has 4 heteroatoms. The zero-order valence-corrected chi connectivity index (χ0v) is 26.9. The number of para-hydroxylation sites is 2. The van der Waals surface area contributed by atoms with Gasteiger partial charge in [-0.25, -0.2) is 0 Å². The lowest BCUT2D eigenvalue weighted by molar-refractivity contribution is 0.602. The molecule has 0 saturated heterocycles. The SMILES string of the molecule is O=c1ccoc2cc(-n3c4ccc(C5c6ccccc6-c6ccccc65)cc4c4cc(-n5c6ccccc6c6ccccc65)ccc43)ccc12. The van der Waals surface area contributed by atoms with Crippen LogP contribution in [0.3, 0.4) is 0 Å². The number of aromatic nitrogens is 2. The number of hydrogen-bond donors (Lipinski definition) is 0. The van der Waals surface area contributed by atoms with Crippen LogP contribution in [0.15, 0.2) is 173 Å². The molecule has 0 aliphatic heterocycles. The molecule has 1 aliphatic carbocycles. The molecule has 234 valence electrons. The molecule has 3 heterocycles. The van der Waals surface area contributed by atoms with Crippen LogP contribution in [0.2, 0.25) is 0 Å². The molecule has 0 unspecified atom stereocenters. The van der Waals surface area contributed by atoms with Gasteiger partial charge in [0.15, 0.2) is 5.43 Å². The molecular formula is C46H28N2O2. The molecule has 4 nitrogen and oxygen atoms in total. The van der Waals surface area contributed by atoms with Gasteiger partial charge in [0.1, 0.15) is 5.58 Å². The monoisotopic (exact) mass is 640 g/mol. The summed E-state index contributed by atoms with van der Waals surface area (Å²) in [5.41, 5.74) is 13.7. The zero-order chi connectivity index (χ0) is 32.9. The van der Waals surface area contributed by atoms with E-state index >= 15 is 0 Å². The molecule has 0 saturated carbocycles. The number of hydrogen-bond acceptors (Lipinski definition) is 2. The van der Waals surface area contributed by atoms with Gasteiger partial charge in [0.25, 0.3) is 0 Å². The first-order valence-electron chi connectivity index (χ1n) is 17.0. The average Bonchev–Trinajstić information content (AvgIpc) is 3.80. The molecular weight excluding hydrogens is 613 g/mol. The maximum Gasteiger partial charge on any atom is 0.192 e. The Hall–Kier alpha value is -6.65. The molecule has 0 bridgehead atoms. The minimum absolute atomic E-state index is 0.0439. The molecule has 0 N–H and O–H groups in total. The quantitative estimate of drug-likeness (QED) is 0.193. The van der Waals surface area contributed by atoms with Crippen molar-refractivity contribution >= 4 is 54.6 Å². The van der Waals surface area contributed by atoms with Gasteiger partial charge in [0.05, 0.1) is 33.7 Å². The van der Waals surface area contributed by atoms with Crippen molar-refractivity contribution in [2.75, 3.05) is 0 Å². The largest absolute Gasteiger partial charge is 0.464 e. The highest BCUT2D eigenvalue weighted by Gasteiger charge is 2.30. The van der Waals surface area contributed by atoms with Crippen LogP contribution in [-0.4, -0.2) is 9.13 Å². The molecule has 0 fully saturated rings. The lowest BCUT2D eigenvalue weighted by atomic mass is 9.88. The van der Waals surface area contributed by atoms with E-state index in [1.165, 1.54) is 67.3 Å². The minimum Gasteiger partial charge on any atom is -0.464 e. The Morgan fingerprint density at radius 2 is 0.980 bits per heavy atom. The van der Waals surface area contributed by atoms with Crippen molar-refractivity contribution in [3.05, 3.63) is 191 Å². The number of rotatable bonds is 3. The molecule has 0 amide bonds. The second-order valence-corrected chi connectivity index (χ2v) is 13.3. The molecule has 10 aromatic rings. The van der Waals surface area contributed by atoms with Crippen LogP contribution in [0.4, 0.5) is 0 Å². The van der Waals surface area contributed by atoms with E-state index in [0.717, 1.165) is 27.8 Å². The van der Waals surface area contributed by atoms with Crippen molar-refractivity contribution in [3.8, 4) is 22.5 Å². The van der Waals surface area contributed by atoms with Gasteiger partial charge in [-0.1, -0.05) is 91.0 Å². The molecule has 3 aromatic heterocycles. The Labute approximate surface area is 286 Å². The van der Waals surface area contributed by atoms with E-state index < -0.39 is 0 Å². The second kappa shape index (κ2) is 10.2. The minimum atomic E-state index is -0.0439. The maximum absolute atomic E-state index is 12.6. The zero-order valence-electron chi connectivity index (χ0n) is 26.9. The molecule has 0 spiro atoms. The van der Waals surface area contributed by atoms with Crippen LogP contribution in [-0.2, 0) is 0 Å². The van der Waals surface area contributed by atoms with Gasteiger partial charge >= 0.3 is 0 Å². The Morgan fingerprint density at radius 3 is 1.68 bits per heavy atom. The van der Waals surface area contributed by atoms with E-state index in [9.17, 15) is 4.79 Å². The highest BCUT2D eigenvalue weighted by molar-refractivity contribution is 6.12. The fourth-order valence-corrected chi connectivity index (χ4v) is 8.55. The highest BCUT2D eigenvalue weighted by atomic mass is 16.3. The van der Waals surface area contributed by atoms with Crippen molar-refractivity contribution in [2.24, 2.45) is 0 Å². The van der Waals surface area contributed by atoms with E-state index in [1.807, 2.05) is 18.2 Å². The number of fused-ring (bicyclic) bond motifs is 10. The van der Waals surface area contributed by atoms with Crippen LogP contribution in [0, 0.1) is 0 Å². The summed E-state index contributed by atoms with van der Waals surface area (Å²) in [6, 6.07) is 56.0. The first kappa shape index (κ1) is 27.3. The number of nitrogens with zero attached hydrogens (tertiary/aromatic N) is 2. The Balaban J connectivity index is 1.21. The van der Waals surface area contributed by atoms with Crippen LogP contribution in [0.5, 0.6) is 0 Å². The van der Waals surface area contributed by atoms with E-state index in [2.05, 4.69) is 143 Å². The first-order valence-corrected chi connectivity index (χ1v) is 17.0. The Bertz CT molecular complexity index is 2990. The highest BCUT2D eigenvalue weighted by Crippen LogP contribution is 2.49. The summed E-state index contributed by atoms with van der Waals surface area (Å²) in [4.78, 5) is 12.6. The average molecular weight is 641 g/mol. The maximum atomic E-state index is 12.6. The van der Waals surface area contributed by atoms with Crippen LogP contribution >= 0.6 is 0 Å². The van der Waals surface area contributed by atoms with E-state index in [-0.39, 0.29) is 11.3 Å². The van der Waals surface area contributed by atoms with Gasteiger partial charge < -0.3 is 13.6 Å². The van der Waals surface area contributed by atoms with Gasteiger partial charge in [-0.2, -0.15) is 0 Å². The van der Waals surface area contributed by atoms with Gasteiger partial charge in [0.2, 0.25) is 0 Å². The van der Waals surface area contributed by atoms with E-state index in [0.29, 0.717) is 11.0 Å². The van der Waals surface area contributed by atoms with Crippen LogP contribution in [0.25, 0.3) is 77.1 Å². The molecule has 0 radical (unpaired) electrons. The lowest BCUT2D eigenvalue weighted by Crippen LogP contribution is -2.01. The summed E-state index contributed by atoms with van der Waals surface area (Å²) in [6.07, 6.45) is 1.47. The van der Waals surface area contributed by atoms with Gasteiger partial charge in [-0.05, 0) is 82.4 Å². The lowest BCUT2D eigenvalue weighted by Gasteiger charge is -2.15. The summed E-state index contributed by atoms with van der Waals surface area (Å²) < 4.78 is 10.5. The number of benzene rings is 7. The third-order valence-corrected chi connectivity index (χ3v) is 10.7.